The summed E-state index contributed by atoms with van der Waals surface area (Å²) in [5.74, 6) is 0.834. The highest BCUT2D eigenvalue weighted by Crippen LogP contribution is 2.25. The van der Waals surface area contributed by atoms with E-state index in [-0.39, 0.29) is 18.5 Å². The fraction of sp³-hybridized carbons (Fsp3) is 0.300. The second-order valence-corrected chi connectivity index (χ2v) is 6.84. The van der Waals surface area contributed by atoms with Crippen LogP contribution in [0, 0.1) is 11.3 Å². The number of aromatic amines is 1. The van der Waals surface area contributed by atoms with E-state index in [1.165, 1.54) is 0 Å². The van der Waals surface area contributed by atoms with Crippen molar-refractivity contribution in [2.75, 3.05) is 29.9 Å². The number of hydrogen-bond acceptors (Lipinski definition) is 6. The van der Waals surface area contributed by atoms with Crippen LogP contribution in [0.2, 0.25) is 0 Å². The summed E-state index contributed by atoms with van der Waals surface area (Å²) in [5.41, 5.74) is 2.14. The molecule has 8 heteroatoms. The first kappa shape index (κ1) is 17.8. The maximum absolute atomic E-state index is 12.4. The molecule has 3 aromatic rings. The molecule has 0 saturated carbocycles. The number of carbonyl (C=O) groups is 1. The molecule has 1 saturated heterocycles. The number of rotatable bonds is 5. The van der Waals surface area contributed by atoms with Crippen LogP contribution in [0.15, 0.2) is 42.9 Å². The average molecular weight is 375 g/mol. The van der Waals surface area contributed by atoms with E-state index >= 15 is 0 Å². The molecule has 8 nitrogen and oxygen atoms in total. The van der Waals surface area contributed by atoms with Gasteiger partial charge in [0.2, 0.25) is 5.91 Å². The fourth-order valence-electron chi connectivity index (χ4n) is 3.56. The molecule has 1 unspecified atom stereocenters. The average Bonchev–Trinajstić information content (AvgIpc) is 3.21. The van der Waals surface area contributed by atoms with Crippen molar-refractivity contribution in [2.45, 2.75) is 18.9 Å². The molecule has 4 rings (SSSR count). The van der Waals surface area contributed by atoms with E-state index in [9.17, 15) is 4.79 Å². The van der Waals surface area contributed by atoms with E-state index in [1.807, 2.05) is 18.3 Å². The Morgan fingerprint density at radius 2 is 2.29 bits per heavy atom. The summed E-state index contributed by atoms with van der Waals surface area (Å²) in [6.45, 7) is 1.79. The first-order valence-electron chi connectivity index (χ1n) is 9.29. The number of nitriles is 1. The standard InChI is InChI=1S/C20H21N7O/c21-10-14-3-1-4-15(9-14)23-11-18(28)26-16-5-2-8-27(12-16)20-17-6-7-22-19(17)24-13-25-20/h1,3-4,6-7,9,13,16,23H,2,5,8,11-12H2,(H,26,28)(H,22,24,25). The van der Waals surface area contributed by atoms with Gasteiger partial charge in [0, 0.05) is 31.0 Å². The van der Waals surface area contributed by atoms with Gasteiger partial charge >= 0.3 is 0 Å². The predicted molar refractivity (Wildman–Crippen MR) is 107 cm³/mol. The minimum atomic E-state index is -0.0660. The van der Waals surface area contributed by atoms with Gasteiger partial charge in [-0.3, -0.25) is 4.79 Å². The van der Waals surface area contributed by atoms with E-state index in [4.69, 9.17) is 5.26 Å². The molecule has 3 N–H and O–H groups in total. The number of nitrogens with one attached hydrogen (secondary N) is 3. The second kappa shape index (κ2) is 7.96. The van der Waals surface area contributed by atoms with Crippen LogP contribution in [0.5, 0.6) is 0 Å². The summed E-state index contributed by atoms with van der Waals surface area (Å²) in [7, 11) is 0. The molecule has 1 aromatic carbocycles. The summed E-state index contributed by atoms with van der Waals surface area (Å²) in [6, 6.07) is 11.2. The predicted octanol–water partition coefficient (Wildman–Crippen LogP) is 2.03. The Hall–Kier alpha value is -3.60. The third kappa shape index (κ3) is 3.88. The van der Waals surface area contributed by atoms with Crippen molar-refractivity contribution in [2.24, 2.45) is 0 Å². The van der Waals surface area contributed by atoms with Gasteiger partial charge in [-0.25, -0.2) is 9.97 Å². The van der Waals surface area contributed by atoms with Gasteiger partial charge in [0.15, 0.2) is 0 Å². The molecule has 1 fully saturated rings. The quantitative estimate of drug-likeness (QED) is 0.629. The SMILES string of the molecule is N#Cc1cccc(NCC(=O)NC2CCCN(c3ncnc4[nH]ccc34)C2)c1. The zero-order valence-corrected chi connectivity index (χ0v) is 15.4. The van der Waals surface area contributed by atoms with Crippen molar-refractivity contribution < 1.29 is 4.79 Å². The van der Waals surface area contributed by atoms with Gasteiger partial charge in [0.25, 0.3) is 0 Å². The van der Waals surface area contributed by atoms with Crippen LogP contribution in [0.1, 0.15) is 18.4 Å². The second-order valence-electron chi connectivity index (χ2n) is 6.84. The summed E-state index contributed by atoms with van der Waals surface area (Å²) < 4.78 is 0. The van der Waals surface area contributed by atoms with Gasteiger partial charge in [-0.1, -0.05) is 6.07 Å². The summed E-state index contributed by atoms with van der Waals surface area (Å²) in [4.78, 5) is 26.4. The van der Waals surface area contributed by atoms with Crippen LogP contribution in [0.4, 0.5) is 11.5 Å². The molecule has 1 aliphatic rings. The monoisotopic (exact) mass is 375 g/mol. The van der Waals surface area contributed by atoms with Crippen LogP contribution in [0.3, 0.4) is 0 Å². The number of piperidine rings is 1. The summed E-state index contributed by atoms with van der Waals surface area (Å²) in [5, 5.41) is 16.1. The Morgan fingerprint density at radius 3 is 3.18 bits per heavy atom. The van der Waals surface area contributed by atoms with Gasteiger partial charge in [0.05, 0.1) is 23.6 Å². The molecule has 1 amide bonds. The Bertz CT molecular complexity index is 1020. The lowest BCUT2D eigenvalue weighted by Crippen LogP contribution is -2.49. The number of H-pyrrole nitrogens is 1. The highest BCUT2D eigenvalue weighted by molar-refractivity contribution is 5.87. The number of aromatic nitrogens is 3. The number of nitrogens with zero attached hydrogens (tertiary/aromatic N) is 4. The minimum Gasteiger partial charge on any atom is -0.376 e. The van der Waals surface area contributed by atoms with Crippen LogP contribution in [-0.2, 0) is 4.79 Å². The molecular formula is C20H21N7O. The van der Waals surface area contributed by atoms with E-state index in [0.717, 1.165) is 41.9 Å². The highest BCUT2D eigenvalue weighted by Gasteiger charge is 2.23. The van der Waals surface area contributed by atoms with Gasteiger partial charge < -0.3 is 20.5 Å². The van der Waals surface area contributed by atoms with Crippen LogP contribution in [-0.4, -0.2) is 46.5 Å². The number of hydrogen-bond donors (Lipinski definition) is 3. The molecule has 0 radical (unpaired) electrons. The number of fused-ring (bicyclic) bond motifs is 1. The third-order valence-corrected chi connectivity index (χ3v) is 4.86. The molecule has 1 atom stereocenters. The first-order valence-corrected chi connectivity index (χ1v) is 9.29. The smallest absolute Gasteiger partial charge is 0.239 e. The number of benzene rings is 1. The van der Waals surface area contributed by atoms with Gasteiger partial charge in [-0.2, -0.15) is 5.26 Å². The Kier molecular flexibility index (Phi) is 5.06. The van der Waals surface area contributed by atoms with Crippen LogP contribution in [0.25, 0.3) is 11.0 Å². The molecule has 1 aliphatic heterocycles. The van der Waals surface area contributed by atoms with E-state index in [0.29, 0.717) is 12.1 Å². The molecule has 0 aliphatic carbocycles. The van der Waals surface area contributed by atoms with Crippen LogP contribution >= 0.6 is 0 Å². The van der Waals surface area contributed by atoms with E-state index < -0.39 is 0 Å². The van der Waals surface area contributed by atoms with Crippen LogP contribution < -0.4 is 15.5 Å². The molecule has 0 bridgehead atoms. The molecular weight excluding hydrogens is 354 g/mol. The zero-order chi connectivity index (χ0) is 19.3. The lowest BCUT2D eigenvalue weighted by molar-refractivity contribution is -0.120. The van der Waals surface area contributed by atoms with Crippen molar-refractivity contribution in [3.05, 3.63) is 48.4 Å². The minimum absolute atomic E-state index is 0.0660. The third-order valence-electron chi connectivity index (χ3n) is 4.86. The van der Waals surface area contributed by atoms with E-state index in [2.05, 4.69) is 36.6 Å². The van der Waals surface area contributed by atoms with Crippen molar-refractivity contribution in [3.63, 3.8) is 0 Å². The Balaban J connectivity index is 1.35. The fourth-order valence-corrected chi connectivity index (χ4v) is 3.56. The molecule has 28 heavy (non-hydrogen) atoms. The zero-order valence-electron chi connectivity index (χ0n) is 15.4. The Labute approximate surface area is 162 Å². The maximum Gasteiger partial charge on any atom is 0.239 e. The number of carbonyl (C=O) groups excluding carboxylic acids is 1. The largest absolute Gasteiger partial charge is 0.376 e. The van der Waals surface area contributed by atoms with E-state index in [1.54, 1.807) is 24.5 Å². The molecule has 2 aromatic heterocycles. The van der Waals surface area contributed by atoms with Gasteiger partial charge in [-0.05, 0) is 37.1 Å². The van der Waals surface area contributed by atoms with Gasteiger partial charge in [0.1, 0.15) is 17.8 Å². The topological polar surface area (TPSA) is 110 Å². The summed E-state index contributed by atoms with van der Waals surface area (Å²) in [6.07, 6.45) is 5.35. The lowest BCUT2D eigenvalue weighted by Gasteiger charge is -2.34. The lowest BCUT2D eigenvalue weighted by atomic mass is 10.1. The first-order chi connectivity index (χ1) is 13.7. The van der Waals surface area contributed by atoms with Crippen molar-refractivity contribution in [1.29, 1.82) is 5.26 Å². The van der Waals surface area contributed by atoms with Gasteiger partial charge in [-0.15, -0.1) is 0 Å². The Morgan fingerprint density at radius 1 is 1.36 bits per heavy atom. The normalized spacial score (nSPS) is 16.5. The highest BCUT2D eigenvalue weighted by atomic mass is 16.2. The number of amides is 1. The molecule has 0 spiro atoms. The summed E-state index contributed by atoms with van der Waals surface area (Å²) >= 11 is 0. The number of anilines is 2. The van der Waals surface area contributed by atoms with Crippen molar-refractivity contribution >= 4 is 28.4 Å². The molecule has 142 valence electrons. The molecule has 3 heterocycles. The van der Waals surface area contributed by atoms with Crippen molar-refractivity contribution in [1.82, 2.24) is 20.3 Å². The van der Waals surface area contributed by atoms with Crippen molar-refractivity contribution in [3.8, 4) is 6.07 Å². The maximum atomic E-state index is 12.4.